The largest absolute Gasteiger partial charge is 0.351 e. The highest BCUT2D eigenvalue weighted by Gasteiger charge is 2.21. The highest BCUT2D eigenvalue weighted by molar-refractivity contribution is 14.1. The Morgan fingerprint density at radius 2 is 1.72 bits per heavy atom. The number of benzene rings is 1. The minimum Gasteiger partial charge on any atom is -0.351 e. The summed E-state index contributed by atoms with van der Waals surface area (Å²) in [6.07, 6.45) is 0.460. The Kier molecular flexibility index (Phi) is 7.76. The Morgan fingerprint density at radius 3 is 2.17 bits per heavy atom. The van der Waals surface area contributed by atoms with Gasteiger partial charge in [-0.2, -0.15) is 0 Å². The first-order valence-corrected chi connectivity index (χ1v) is 7.22. The summed E-state index contributed by atoms with van der Waals surface area (Å²) in [6, 6.07) is 8.31. The SMILES string of the molecule is CCOC(OCC)C(Cc1ccc(I)cc1)NN. The fraction of sp³-hybridized carbons (Fsp3) is 0.538. The monoisotopic (exact) mass is 364 g/mol. The van der Waals surface area contributed by atoms with Crippen molar-refractivity contribution in [1.29, 1.82) is 0 Å². The van der Waals surface area contributed by atoms with E-state index < -0.39 is 0 Å². The van der Waals surface area contributed by atoms with Gasteiger partial charge in [0.1, 0.15) is 0 Å². The number of halogens is 1. The maximum Gasteiger partial charge on any atom is 0.174 e. The molecule has 0 aromatic heterocycles. The fourth-order valence-electron chi connectivity index (χ4n) is 1.72. The Labute approximate surface area is 122 Å². The number of ether oxygens (including phenoxy) is 2. The predicted octanol–water partition coefficient (Wildman–Crippen LogP) is 2.06. The van der Waals surface area contributed by atoms with Crippen molar-refractivity contribution in [2.75, 3.05) is 13.2 Å². The quantitative estimate of drug-likeness (QED) is 0.321. The highest BCUT2D eigenvalue weighted by atomic mass is 127. The number of nitrogens with two attached hydrogens (primary N) is 1. The van der Waals surface area contributed by atoms with Gasteiger partial charge in [-0.15, -0.1) is 0 Å². The van der Waals surface area contributed by atoms with Gasteiger partial charge in [0, 0.05) is 16.8 Å². The van der Waals surface area contributed by atoms with Crippen LogP contribution in [0.3, 0.4) is 0 Å². The summed E-state index contributed by atoms with van der Waals surface area (Å²) in [7, 11) is 0. The molecule has 0 aliphatic carbocycles. The summed E-state index contributed by atoms with van der Waals surface area (Å²) in [4.78, 5) is 0. The minimum atomic E-state index is -0.315. The summed E-state index contributed by atoms with van der Waals surface area (Å²) >= 11 is 2.29. The molecule has 4 nitrogen and oxygen atoms in total. The molecule has 1 aromatic carbocycles. The third-order valence-corrected chi connectivity index (χ3v) is 3.29. The van der Waals surface area contributed by atoms with E-state index in [-0.39, 0.29) is 12.3 Å². The molecule has 18 heavy (non-hydrogen) atoms. The summed E-state index contributed by atoms with van der Waals surface area (Å²) in [5, 5.41) is 0. The van der Waals surface area contributed by atoms with E-state index in [1.54, 1.807) is 0 Å². The molecule has 1 aromatic rings. The lowest BCUT2D eigenvalue weighted by molar-refractivity contribution is -0.153. The molecule has 0 heterocycles. The highest BCUT2D eigenvalue weighted by Crippen LogP contribution is 2.12. The van der Waals surface area contributed by atoms with E-state index in [0.717, 1.165) is 6.42 Å². The number of hydrogen-bond donors (Lipinski definition) is 2. The number of hydrazine groups is 1. The van der Waals surface area contributed by atoms with Crippen LogP contribution in [0, 0.1) is 3.57 Å². The first-order valence-electron chi connectivity index (χ1n) is 6.15. The Morgan fingerprint density at radius 1 is 1.17 bits per heavy atom. The van der Waals surface area contributed by atoms with Gasteiger partial charge in [0.05, 0.1) is 6.04 Å². The second kappa shape index (κ2) is 8.82. The molecular weight excluding hydrogens is 343 g/mol. The van der Waals surface area contributed by atoms with Crippen molar-refractivity contribution in [2.45, 2.75) is 32.6 Å². The molecule has 1 atom stereocenters. The van der Waals surface area contributed by atoms with Gasteiger partial charge in [0.2, 0.25) is 0 Å². The van der Waals surface area contributed by atoms with E-state index in [4.69, 9.17) is 15.3 Å². The maximum atomic E-state index is 5.60. The molecule has 0 bridgehead atoms. The first kappa shape index (κ1) is 15.8. The van der Waals surface area contributed by atoms with Crippen molar-refractivity contribution in [1.82, 2.24) is 5.43 Å². The van der Waals surface area contributed by atoms with Gasteiger partial charge >= 0.3 is 0 Å². The lowest BCUT2D eigenvalue weighted by Gasteiger charge is -2.26. The minimum absolute atomic E-state index is 0.0510. The van der Waals surface area contributed by atoms with Crippen LogP contribution in [0.5, 0.6) is 0 Å². The number of rotatable bonds is 8. The molecular formula is C13H21IN2O2. The molecule has 0 aliphatic rings. The molecule has 0 amide bonds. The molecule has 102 valence electrons. The molecule has 3 N–H and O–H groups in total. The van der Waals surface area contributed by atoms with Crippen LogP contribution in [0.15, 0.2) is 24.3 Å². The summed E-state index contributed by atoms with van der Waals surface area (Å²) in [5.74, 6) is 5.60. The van der Waals surface area contributed by atoms with E-state index >= 15 is 0 Å². The van der Waals surface area contributed by atoms with Crippen molar-refractivity contribution < 1.29 is 9.47 Å². The zero-order valence-corrected chi connectivity index (χ0v) is 13.0. The average Bonchev–Trinajstić information content (AvgIpc) is 2.38. The second-order valence-corrected chi connectivity index (χ2v) is 5.13. The van der Waals surface area contributed by atoms with E-state index in [9.17, 15) is 0 Å². The predicted molar refractivity (Wildman–Crippen MR) is 81.0 cm³/mol. The Bertz CT molecular complexity index is 326. The lowest BCUT2D eigenvalue weighted by atomic mass is 10.1. The molecule has 5 heteroatoms. The van der Waals surface area contributed by atoms with Crippen LogP contribution < -0.4 is 11.3 Å². The van der Waals surface area contributed by atoms with Gasteiger partial charge in [-0.3, -0.25) is 11.3 Å². The third-order valence-electron chi connectivity index (χ3n) is 2.57. The van der Waals surface area contributed by atoms with Crippen LogP contribution in [0.4, 0.5) is 0 Å². The van der Waals surface area contributed by atoms with Crippen molar-refractivity contribution in [3.8, 4) is 0 Å². The first-order chi connectivity index (χ1) is 8.71. The zero-order chi connectivity index (χ0) is 13.4. The molecule has 0 saturated heterocycles. The maximum absolute atomic E-state index is 5.60. The van der Waals surface area contributed by atoms with Crippen LogP contribution >= 0.6 is 22.6 Å². The van der Waals surface area contributed by atoms with Crippen molar-refractivity contribution >= 4 is 22.6 Å². The molecule has 0 aliphatic heterocycles. The fourth-order valence-corrected chi connectivity index (χ4v) is 2.08. The van der Waals surface area contributed by atoms with Crippen LogP contribution in [0.1, 0.15) is 19.4 Å². The van der Waals surface area contributed by atoms with Gasteiger partial charge in [-0.05, 0) is 60.6 Å². The van der Waals surface area contributed by atoms with Gasteiger partial charge in [0.15, 0.2) is 6.29 Å². The topological polar surface area (TPSA) is 56.5 Å². The number of nitrogens with one attached hydrogen (secondary N) is 1. The Hall–Kier alpha value is -0.210. The second-order valence-electron chi connectivity index (χ2n) is 3.88. The van der Waals surface area contributed by atoms with E-state index in [0.29, 0.717) is 13.2 Å². The zero-order valence-electron chi connectivity index (χ0n) is 10.9. The van der Waals surface area contributed by atoms with E-state index in [2.05, 4.69) is 52.3 Å². The third kappa shape index (κ3) is 5.19. The smallest absolute Gasteiger partial charge is 0.174 e. The van der Waals surface area contributed by atoms with E-state index in [1.165, 1.54) is 9.13 Å². The van der Waals surface area contributed by atoms with Crippen LogP contribution in [-0.2, 0) is 15.9 Å². The van der Waals surface area contributed by atoms with Gasteiger partial charge in [0.25, 0.3) is 0 Å². The molecule has 0 saturated carbocycles. The molecule has 0 radical (unpaired) electrons. The molecule has 0 spiro atoms. The molecule has 1 unspecified atom stereocenters. The molecule has 1 rings (SSSR count). The number of hydrogen-bond acceptors (Lipinski definition) is 4. The summed E-state index contributed by atoms with van der Waals surface area (Å²) in [5.41, 5.74) is 3.99. The van der Waals surface area contributed by atoms with Crippen LogP contribution in [0.25, 0.3) is 0 Å². The summed E-state index contributed by atoms with van der Waals surface area (Å²) in [6.45, 7) is 5.11. The van der Waals surface area contributed by atoms with Gasteiger partial charge < -0.3 is 9.47 Å². The average molecular weight is 364 g/mol. The van der Waals surface area contributed by atoms with Crippen molar-refractivity contribution in [3.05, 3.63) is 33.4 Å². The van der Waals surface area contributed by atoms with Crippen molar-refractivity contribution in [3.63, 3.8) is 0 Å². The molecule has 0 fully saturated rings. The van der Waals surface area contributed by atoms with Crippen LogP contribution in [0.2, 0.25) is 0 Å². The normalized spacial score (nSPS) is 12.9. The Balaban J connectivity index is 2.66. The van der Waals surface area contributed by atoms with Crippen molar-refractivity contribution in [2.24, 2.45) is 5.84 Å². The van der Waals surface area contributed by atoms with E-state index in [1.807, 2.05) is 13.8 Å². The lowest BCUT2D eigenvalue weighted by Crippen LogP contribution is -2.48. The van der Waals surface area contributed by atoms with Gasteiger partial charge in [-0.25, -0.2) is 0 Å². The standard InChI is InChI=1S/C13H21IN2O2/c1-3-17-13(18-4-2)12(16-15)9-10-5-7-11(14)8-6-10/h5-8,12-13,16H,3-4,9,15H2,1-2H3. The van der Waals surface area contributed by atoms with Crippen LogP contribution in [-0.4, -0.2) is 25.5 Å². The van der Waals surface area contributed by atoms with Gasteiger partial charge in [-0.1, -0.05) is 12.1 Å². The summed E-state index contributed by atoms with van der Waals surface area (Å²) < 4.78 is 12.4.